The first kappa shape index (κ1) is 13.5. The van der Waals surface area contributed by atoms with E-state index in [1.807, 2.05) is 13.0 Å². The summed E-state index contributed by atoms with van der Waals surface area (Å²) in [5.41, 5.74) is 8.45. The van der Waals surface area contributed by atoms with E-state index in [1.165, 1.54) is 0 Å². The van der Waals surface area contributed by atoms with Gasteiger partial charge >= 0.3 is 0 Å². The summed E-state index contributed by atoms with van der Waals surface area (Å²) in [6, 6.07) is 3.65. The van der Waals surface area contributed by atoms with Crippen LogP contribution in [0.15, 0.2) is 24.3 Å². The van der Waals surface area contributed by atoms with Crippen molar-refractivity contribution in [1.29, 1.82) is 0 Å². The van der Waals surface area contributed by atoms with Crippen LogP contribution in [0.5, 0.6) is 11.5 Å². The molecule has 1 aliphatic rings. The van der Waals surface area contributed by atoms with Gasteiger partial charge in [0.2, 0.25) is 0 Å². The number of rotatable bonds is 6. The van der Waals surface area contributed by atoms with Gasteiger partial charge in [-0.25, -0.2) is 0 Å². The van der Waals surface area contributed by atoms with Crippen LogP contribution in [0, 0.1) is 0 Å². The quantitative estimate of drug-likeness (QED) is 0.467. The molecule has 0 bridgehead atoms. The molecule has 0 aliphatic carbocycles. The van der Waals surface area contributed by atoms with Gasteiger partial charge in [0.05, 0.1) is 24.6 Å². The third-order valence-electron chi connectivity index (χ3n) is 2.62. The number of nitrogen functional groups attached to an aromatic ring is 1. The molecule has 0 saturated carbocycles. The Balaban J connectivity index is 1.88. The van der Waals surface area contributed by atoms with Gasteiger partial charge in [0, 0.05) is 18.7 Å². The molecular weight excluding hydrogens is 244 g/mol. The van der Waals surface area contributed by atoms with Crippen molar-refractivity contribution in [2.75, 3.05) is 44.0 Å². The van der Waals surface area contributed by atoms with Gasteiger partial charge in [-0.15, -0.1) is 0 Å². The minimum Gasteiger partial charge on any atom is -0.486 e. The summed E-state index contributed by atoms with van der Waals surface area (Å²) in [5.74, 6) is 1.43. The summed E-state index contributed by atoms with van der Waals surface area (Å²) in [6.45, 7) is 8.70. The van der Waals surface area contributed by atoms with Gasteiger partial charge in [-0.2, -0.15) is 0 Å². The van der Waals surface area contributed by atoms with Crippen LogP contribution in [-0.4, -0.2) is 33.0 Å². The van der Waals surface area contributed by atoms with Crippen molar-refractivity contribution >= 4 is 11.4 Å². The SMILES string of the molecule is C=C(C)COCCNc1cc2c(cc1N)OCCO2. The van der Waals surface area contributed by atoms with Crippen LogP contribution in [0.4, 0.5) is 11.4 Å². The fraction of sp³-hybridized carbons (Fsp3) is 0.429. The Kier molecular flexibility index (Phi) is 4.52. The van der Waals surface area contributed by atoms with E-state index in [4.69, 9.17) is 19.9 Å². The Morgan fingerprint density at radius 3 is 2.74 bits per heavy atom. The van der Waals surface area contributed by atoms with Crippen molar-refractivity contribution in [2.24, 2.45) is 0 Å². The van der Waals surface area contributed by atoms with Crippen molar-refractivity contribution in [3.63, 3.8) is 0 Å². The normalized spacial score (nSPS) is 13.1. The van der Waals surface area contributed by atoms with E-state index < -0.39 is 0 Å². The highest BCUT2D eigenvalue weighted by molar-refractivity contribution is 5.72. The lowest BCUT2D eigenvalue weighted by molar-refractivity contribution is 0.167. The maximum atomic E-state index is 5.95. The second-order valence-corrected chi connectivity index (χ2v) is 4.52. The molecule has 2 rings (SSSR count). The summed E-state index contributed by atoms with van der Waals surface area (Å²) >= 11 is 0. The molecule has 5 nitrogen and oxygen atoms in total. The largest absolute Gasteiger partial charge is 0.486 e. The van der Waals surface area contributed by atoms with Gasteiger partial charge in [-0.05, 0) is 6.92 Å². The Morgan fingerprint density at radius 2 is 2.05 bits per heavy atom. The van der Waals surface area contributed by atoms with Gasteiger partial charge in [-0.3, -0.25) is 0 Å². The maximum absolute atomic E-state index is 5.95. The van der Waals surface area contributed by atoms with Crippen LogP contribution in [-0.2, 0) is 4.74 Å². The van der Waals surface area contributed by atoms with Crippen molar-refractivity contribution in [2.45, 2.75) is 6.92 Å². The van der Waals surface area contributed by atoms with Crippen molar-refractivity contribution in [3.05, 3.63) is 24.3 Å². The smallest absolute Gasteiger partial charge is 0.163 e. The number of anilines is 2. The molecule has 5 heteroatoms. The van der Waals surface area contributed by atoms with Crippen LogP contribution >= 0.6 is 0 Å². The first-order valence-corrected chi connectivity index (χ1v) is 6.32. The monoisotopic (exact) mass is 264 g/mol. The second kappa shape index (κ2) is 6.33. The van der Waals surface area contributed by atoms with Gasteiger partial charge in [0.15, 0.2) is 11.5 Å². The van der Waals surface area contributed by atoms with Gasteiger partial charge < -0.3 is 25.3 Å². The first-order chi connectivity index (χ1) is 9.16. The predicted molar refractivity (Wildman–Crippen MR) is 76.0 cm³/mol. The Bertz CT molecular complexity index is 460. The number of hydrogen-bond donors (Lipinski definition) is 2. The highest BCUT2D eigenvalue weighted by atomic mass is 16.6. The van der Waals surface area contributed by atoms with E-state index in [0.29, 0.717) is 44.4 Å². The summed E-state index contributed by atoms with van der Waals surface area (Å²) in [7, 11) is 0. The molecule has 0 radical (unpaired) electrons. The van der Waals surface area contributed by atoms with Crippen molar-refractivity contribution in [3.8, 4) is 11.5 Å². The Labute approximate surface area is 113 Å². The molecule has 0 amide bonds. The molecule has 104 valence electrons. The summed E-state index contributed by atoms with van der Waals surface area (Å²) in [5, 5.41) is 3.22. The standard InChI is InChI=1S/C14H20N2O3/c1-10(2)9-17-4-3-16-12-8-14-13(7-11(12)15)18-5-6-19-14/h7-8,16H,1,3-6,9,15H2,2H3. The first-order valence-electron chi connectivity index (χ1n) is 6.32. The third-order valence-corrected chi connectivity index (χ3v) is 2.62. The third kappa shape index (κ3) is 3.79. The summed E-state index contributed by atoms with van der Waals surface area (Å²) in [4.78, 5) is 0. The highest BCUT2D eigenvalue weighted by Crippen LogP contribution is 2.36. The molecule has 0 unspecified atom stereocenters. The molecule has 0 aromatic heterocycles. The molecule has 1 aromatic carbocycles. The van der Waals surface area contributed by atoms with Crippen LogP contribution in [0.2, 0.25) is 0 Å². The topological polar surface area (TPSA) is 65.7 Å². The number of hydrogen-bond acceptors (Lipinski definition) is 5. The molecule has 0 saturated heterocycles. The lowest BCUT2D eigenvalue weighted by Gasteiger charge is -2.20. The number of ether oxygens (including phenoxy) is 3. The Morgan fingerprint density at radius 1 is 1.37 bits per heavy atom. The van der Waals surface area contributed by atoms with Crippen LogP contribution in [0.25, 0.3) is 0 Å². The van der Waals surface area contributed by atoms with E-state index in [0.717, 1.165) is 17.0 Å². The minimum atomic E-state index is 0.563. The van der Waals surface area contributed by atoms with Crippen LogP contribution < -0.4 is 20.5 Å². The molecule has 0 atom stereocenters. The van der Waals surface area contributed by atoms with Crippen molar-refractivity contribution < 1.29 is 14.2 Å². The van der Waals surface area contributed by atoms with Crippen molar-refractivity contribution in [1.82, 2.24) is 0 Å². The van der Waals surface area contributed by atoms with E-state index in [9.17, 15) is 0 Å². The zero-order valence-electron chi connectivity index (χ0n) is 11.2. The number of nitrogens with one attached hydrogen (secondary N) is 1. The predicted octanol–water partition coefficient (Wildman–Crippen LogP) is 2.04. The van der Waals surface area contributed by atoms with Crippen LogP contribution in [0.1, 0.15) is 6.92 Å². The molecule has 19 heavy (non-hydrogen) atoms. The zero-order valence-corrected chi connectivity index (χ0v) is 11.2. The lowest BCUT2D eigenvalue weighted by atomic mass is 10.2. The summed E-state index contributed by atoms with van der Waals surface area (Å²) < 4.78 is 16.4. The molecule has 0 spiro atoms. The number of fused-ring (bicyclic) bond motifs is 1. The average molecular weight is 264 g/mol. The minimum absolute atomic E-state index is 0.563. The zero-order chi connectivity index (χ0) is 13.7. The van der Waals surface area contributed by atoms with E-state index in [1.54, 1.807) is 6.07 Å². The molecule has 1 heterocycles. The van der Waals surface area contributed by atoms with E-state index in [-0.39, 0.29) is 0 Å². The second-order valence-electron chi connectivity index (χ2n) is 4.52. The average Bonchev–Trinajstić information content (AvgIpc) is 2.38. The van der Waals surface area contributed by atoms with Gasteiger partial charge in [0.1, 0.15) is 13.2 Å². The van der Waals surface area contributed by atoms with Gasteiger partial charge in [-0.1, -0.05) is 12.2 Å². The van der Waals surface area contributed by atoms with Gasteiger partial charge in [0.25, 0.3) is 0 Å². The molecule has 0 fully saturated rings. The fourth-order valence-electron chi connectivity index (χ4n) is 1.76. The molecule has 1 aromatic rings. The number of benzene rings is 1. The fourth-order valence-corrected chi connectivity index (χ4v) is 1.76. The molecular formula is C14H20N2O3. The van der Waals surface area contributed by atoms with E-state index in [2.05, 4.69) is 11.9 Å². The number of nitrogens with two attached hydrogens (primary N) is 1. The maximum Gasteiger partial charge on any atom is 0.163 e. The van der Waals surface area contributed by atoms with Crippen LogP contribution in [0.3, 0.4) is 0 Å². The highest BCUT2D eigenvalue weighted by Gasteiger charge is 2.14. The molecule has 1 aliphatic heterocycles. The summed E-state index contributed by atoms with van der Waals surface area (Å²) in [6.07, 6.45) is 0. The lowest BCUT2D eigenvalue weighted by Crippen LogP contribution is -2.17. The molecule has 3 N–H and O–H groups in total. The van der Waals surface area contributed by atoms with E-state index >= 15 is 0 Å². The Hall–Kier alpha value is -1.88.